The van der Waals surface area contributed by atoms with Crippen LogP contribution in [0.2, 0.25) is 0 Å². The number of pyridine rings is 1. The number of nitro groups is 1. The number of aromatic nitrogens is 1. The number of hydrogen-bond acceptors (Lipinski definition) is 6. The van der Waals surface area contributed by atoms with Gasteiger partial charge in [-0.3, -0.25) is 20.0 Å². The summed E-state index contributed by atoms with van der Waals surface area (Å²) in [6, 6.07) is 9.60. The molecule has 0 unspecified atom stereocenters. The van der Waals surface area contributed by atoms with Crippen LogP contribution in [0.3, 0.4) is 0 Å². The molecule has 4 rings (SSSR count). The standard InChI is InChI=1S/C18H18N4O2S/c23-22(24)18-4-3-17(15-5-6-19-12-16(15)18)21-9-7-20(8-10-21)13-14-2-1-11-25-14/h1-6,11-12H,7-10,13H2. The molecule has 2 aromatic heterocycles. The van der Waals surface area contributed by atoms with E-state index < -0.39 is 0 Å². The predicted octanol–water partition coefficient (Wildman–Crippen LogP) is 3.53. The maximum absolute atomic E-state index is 11.3. The van der Waals surface area contributed by atoms with Crippen LogP contribution in [0.4, 0.5) is 11.4 Å². The first-order chi connectivity index (χ1) is 12.2. The lowest BCUT2D eigenvalue weighted by atomic mass is 10.1. The Balaban J connectivity index is 1.55. The molecule has 1 aromatic carbocycles. The highest BCUT2D eigenvalue weighted by Crippen LogP contribution is 2.33. The smallest absolute Gasteiger partial charge is 0.278 e. The molecule has 3 aromatic rings. The van der Waals surface area contributed by atoms with Crippen LogP contribution < -0.4 is 4.90 Å². The van der Waals surface area contributed by atoms with Gasteiger partial charge >= 0.3 is 0 Å². The number of piperazine rings is 1. The van der Waals surface area contributed by atoms with E-state index in [4.69, 9.17) is 0 Å². The topological polar surface area (TPSA) is 62.5 Å². The highest BCUT2D eigenvalue weighted by Gasteiger charge is 2.21. The molecule has 7 heteroatoms. The molecule has 1 saturated heterocycles. The van der Waals surface area contributed by atoms with E-state index in [0.717, 1.165) is 43.8 Å². The molecule has 128 valence electrons. The van der Waals surface area contributed by atoms with Crippen LogP contribution in [-0.2, 0) is 6.54 Å². The fourth-order valence-electron chi connectivity index (χ4n) is 3.36. The van der Waals surface area contributed by atoms with Crippen LogP contribution in [0, 0.1) is 10.1 Å². The highest BCUT2D eigenvalue weighted by molar-refractivity contribution is 7.09. The van der Waals surface area contributed by atoms with E-state index in [1.54, 1.807) is 29.8 Å². The Morgan fingerprint density at radius 1 is 1.12 bits per heavy atom. The van der Waals surface area contributed by atoms with Crippen LogP contribution in [0.25, 0.3) is 10.8 Å². The third-order valence-electron chi connectivity index (χ3n) is 4.64. The van der Waals surface area contributed by atoms with Crippen molar-refractivity contribution >= 4 is 33.5 Å². The summed E-state index contributed by atoms with van der Waals surface area (Å²) < 4.78 is 0. The number of rotatable bonds is 4. The van der Waals surface area contributed by atoms with Crippen LogP contribution in [0.1, 0.15) is 4.88 Å². The number of fused-ring (bicyclic) bond motifs is 1. The Labute approximate surface area is 149 Å². The second-order valence-electron chi connectivity index (χ2n) is 6.12. The SMILES string of the molecule is O=[N+]([O-])c1ccc(N2CCN(Cc3cccs3)CC2)c2ccncc12. The van der Waals surface area contributed by atoms with Gasteiger partial charge in [-0.05, 0) is 23.6 Å². The second-order valence-corrected chi connectivity index (χ2v) is 7.16. The molecule has 0 bridgehead atoms. The number of anilines is 1. The summed E-state index contributed by atoms with van der Waals surface area (Å²) in [7, 11) is 0. The molecule has 1 fully saturated rings. The lowest BCUT2D eigenvalue weighted by Gasteiger charge is -2.36. The van der Waals surface area contributed by atoms with Gasteiger partial charge in [-0.15, -0.1) is 11.3 Å². The molecule has 0 aliphatic carbocycles. The predicted molar refractivity (Wildman–Crippen MR) is 100 cm³/mol. The minimum atomic E-state index is -0.341. The second kappa shape index (κ2) is 6.78. The quantitative estimate of drug-likeness (QED) is 0.530. The number of non-ortho nitro benzene ring substituents is 1. The van der Waals surface area contributed by atoms with Gasteiger partial charge in [0.2, 0.25) is 0 Å². The van der Waals surface area contributed by atoms with Crippen molar-refractivity contribution in [3.8, 4) is 0 Å². The van der Waals surface area contributed by atoms with Gasteiger partial charge in [0.15, 0.2) is 0 Å². The van der Waals surface area contributed by atoms with Crippen LogP contribution in [0.15, 0.2) is 48.1 Å². The summed E-state index contributed by atoms with van der Waals surface area (Å²) in [6.45, 7) is 4.81. The Kier molecular flexibility index (Phi) is 4.33. The van der Waals surface area contributed by atoms with Gasteiger partial charge in [0.1, 0.15) is 0 Å². The van der Waals surface area contributed by atoms with E-state index in [9.17, 15) is 10.1 Å². The molecule has 6 nitrogen and oxygen atoms in total. The van der Waals surface area contributed by atoms with Gasteiger partial charge in [-0.25, -0.2) is 0 Å². The Morgan fingerprint density at radius 3 is 2.68 bits per heavy atom. The van der Waals surface area contributed by atoms with Gasteiger partial charge in [-0.1, -0.05) is 6.07 Å². The normalized spacial score (nSPS) is 15.6. The molecule has 0 spiro atoms. The van der Waals surface area contributed by atoms with E-state index in [-0.39, 0.29) is 10.6 Å². The molecular weight excluding hydrogens is 336 g/mol. The third kappa shape index (κ3) is 3.20. The van der Waals surface area contributed by atoms with E-state index in [2.05, 4.69) is 32.3 Å². The zero-order valence-electron chi connectivity index (χ0n) is 13.7. The number of benzene rings is 1. The lowest BCUT2D eigenvalue weighted by Crippen LogP contribution is -2.45. The van der Waals surface area contributed by atoms with Crippen molar-refractivity contribution in [1.29, 1.82) is 0 Å². The van der Waals surface area contributed by atoms with Crippen molar-refractivity contribution in [3.63, 3.8) is 0 Å². The van der Waals surface area contributed by atoms with Crippen LogP contribution >= 0.6 is 11.3 Å². The summed E-state index contributed by atoms with van der Waals surface area (Å²) in [4.78, 5) is 21.1. The van der Waals surface area contributed by atoms with Crippen LogP contribution in [0.5, 0.6) is 0 Å². The minimum absolute atomic E-state index is 0.114. The first kappa shape index (κ1) is 16.0. The Bertz CT molecular complexity index is 889. The molecule has 0 radical (unpaired) electrons. The summed E-state index contributed by atoms with van der Waals surface area (Å²) in [5, 5.41) is 14.9. The fraction of sp³-hybridized carbons (Fsp3) is 0.278. The zero-order valence-corrected chi connectivity index (χ0v) is 14.5. The number of hydrogen-bond donors (Lipinski definition) is 0. The molecule has 1 aliphatic rings. The summed E-state index contributed by atoms with van der Waals surface area (Å²) in [5.74, 6) is 0. The summed E-state index contributed by atoms with van der Waals surface area (Å²) >= 11 is 1.79. The number of thiophene rings is 1. The fourth-order valence-corrected chi connectivity index (χ4v) is 4.11. The summed E-state index contributed by atoms with van der Waals surface area (Å²) in [6.07, 6.45) is 3.28. The van der Waals surface area contributed by atoms with Crippen molar-refractivity contribution in [3.05, 3.63) is 63.1 Å². The molecule has 25 heavy (non-hydrogen) atoms. The highest BCUT2D eigenvalue weighted by atomic mass is 32.1. The van der Waals surface area contributed by atoms with Crippen molar-refractivity contribution in [2.45, 2.75) is 6.54 Å². The van der Waals surface area contributed by atoms with Gasteiger partial charge < -0.3 is 4.90 Å². The van der Waals surface area contributed by atoms with Gasteiger partial charge in [0.05, 0.1) is 10.3 Å². The van der Waals surface area contributed by atoms with Crippen molar-refractivity contribution < 1.29 is 4.92 Å². The van der Waals surface area contributed by atoms with Crippen molar-refractivity contribution in [1.82, 2.24) is 9.88 Å². The molecule has 0 atom stereocenters. The maximum atomic E-state index is 11.3. The van der Waals surface area contributed by atoms with E-state index in [1.165, 1.54) is 4.88 Å². The zero-order chi connectivity index (χ0) is 17.2. The largest absolute Gasteiger partial charge is 0.368 e. The lowest BCUT2D eigenvalue weighted by molar-refractivity contribution is -0.383. The van der Waals surface area contributed by atoms with Crippen molar-refractivity contribution in [2.24, 2.45) is 0 Å². The van der Waals surface area contributed by atoms with E-state index in [0.29, 0.717) is 5.39 Å². The monoisotopic (exact) mass is 354 g/mol. The summed E-state index contributed by atoms with van der Waals surface area (Å²) in [5.41, 5.74) is 1.17. The Morgan fingerprint density at radius 2 is 1.96 bits per heavy atom. The minimum Gasteiger partial charge on any atom is -0.368 e. The number of nitrogens with zero attached hydrogens (tertiary/aromatic N) is 4. The average Bonchev–Trinajstić information content (AvgIpc) is 3.14. The maximum Gasteiger partial charge on any atom is 0.278 e. The molecule has 0 N–H and O–H groups in total. The number of nitro benzene ring substituents is 1. The van der Waals surface area contributed by atoms with Gasteiger partial charge in [0.25, 0.3) is 5.69 Å². The average molecular weight is 354 g/mol. The molecule has 0 saturated carbocycles. The third-order valence-corrected chi connectivity index (χ3v) is 5.50. The first-order valence-corrected chi connectivity index (χ1v) is 9.11. The Hall–Kier alpha value is -2.51. The molecule has 3 heterocycles. The molecular formula is C18H18N4O2S. The van der Waals surface area contributed by atoms with Gasteiger partial charge in [0, 0.05) is 67.1 Å². The van der Waals surface area contributed by atoms with E-state index >= 15 is 0 Å². The first-order valence-electron chi connectivity index (χ1n) is 8.23. The van der Waals surface area contributed by atoms with Crippen LogP contribution in [-0.4, -0.2) is 41.0 Å². The molecule has 1 aliphatic heterocycles. The van der Waals surface area contributed by atoms with Crippen molar-refractivity contribution in [2.75, 3.05) is 31.1 Å². The van der Waals surface area contributed by atoms with E-state index in [1.807, 2.05) is 12.1 Å². The molecule has 0 amide bonds. The van der Waals surface area contributed by atoms with Gasteiger partial charge in [-0.2, -0.15) is 0 Å².